The third-order valence-electron chi connectivity index (χ3n) is 8.46. The van der Waals surface area contributed by atoms with Crippen LogP contribution in [-0.4, -0.2) is 41.7 Å². The zero-order chi connectivity index (χ0) is 29.2. The Kier molecular flexibility index (Phi) is 9.76. The topological polar surface area (TPSA) is 55.9 Å². The highest BCUT2D eigenvalue weighted by Gasteiger charge is 2.46. The summed E-state index contributed by atoms with van der Waals surface area (Å²) in [6, 6.07) is 22.6. The van der Waals surface area contributed by atoms with E-state index in [1.807, 2.05) is 75.0 Å². The summed E-state index contributed by atoms with van der Waals surface area (Å²) in [5.41, 5.74) is 4.88. The first-order valence-corrected chi connectivity index (χ1v) is 18.2. The van der Waals surface area contributed by atoms with Gasteiger partial charge in [0.15, 0.2) is 0 Å². The fourth-order valence-electron chi connectivity index (χ4n) is 4.68. The second kappa shape index (κ2) is 12.0. The Bertz CT molecular complexity index is 1370. The molecule has 208 valence electrons. The van der Waals surface area contributed by atoms with E-state index in [9.17, 15) is 5.11 Å². The van der Waals surface area contributed by atoms with Gasteiger partial charge in [0, 0.05) is 28.6 Å². The zero-order valence-corrected chi connectivity index (χ0v) is 27.4. The highest BCUT2D eigenvalue weighted by molar-refractivity contribution is 7.54. The quantitative estimate of drug-likeness (QED) is 0.241. The van der Waals surface area contributed by atoms with Crippen LogP contribution in [0, 0.1) is 0 Å². The number of halogens is 3. The lowest BCUT2D eigenvalue weighted by atomic mass is 9.60. The van der Waals surface area contributed by atoms with Gasteiger partial charge in [-0.2, -0.15) is 10.2 Å². The molecule has 5 nitrogen and oxygen atoms in total. The van der Waals surface area contributed by atoms with Crippen LogP contribution < -0.4 is 0 Å². The minimum Gasteiger partial charge on any atom is -0.390 e. The van der Waals surface area contributed by atoms with E-state index >= 15 is 0 Å². The van der Waals surface area contributed by atoms with Crippen LogP contribution in [0.3, 0.4) is 0 Å². The molecule has 5 rings (SSSR count). The SMILES string of the molecule is CC(C)(O)C(C)(C)c1ccnn1-c1ccccc1.CC1(C)c2ccccc2-n2nccc2C1(C)C.[Cl][Al]([Cl])[Cl]. The zero-order valence-electron chi connectivity index (χ0n) is 24.0. The van der Waals surface area contributed by atoms with Crippen molar-refractivity contribution in [3.8, 4) is 11.4 Å². The molecular formula is C30H38AlCl3N4O. The smallest absolute Gasteiger partial charge is 0.390 e. The lowest BCUT2D eigenvalue weighted by Gasteiger charge is -2.46. The molecule has 0 atom stereocenters. The van der Waals surface area contributed by atoms with Gasteiger partial charge in [-0.25, -0.2) is 39.5 Å². The normalized spacial score (nSPS) is 15.1. The molecule has 2 aromatic heterocycles. The van der Waals surface area contributed by atoms with Gasteiger partial charge in [0.05, 0.1) is 28.4 Å². The number of rotatable bonds is 3. The van der Waals surface area contributed by atoms with Crippen LogP contribution in [0.5, 0.6) is 0 Å². The van der Waals surface area contributed by atoms with Gasteiger partial charge < -0.3 is 5.11 Å². The molecule has 0 radical (unpaired) electrons. The van der Waals surface area contributed by atoms with E-state index < -0.39 is 17.0 Å². The summed E-state index contributed by atoms with van der Waals surface area (Å²) in [6.07, 6.45) is 3.67. The third-order valence-corrected chi connectivity index (χ3v) is 8.46. The summed E-state index contributed by atoms with van der Waals surface area (Å²) >= 11 is -1.72. The van der Waals surface area contributed by atoms with Crippen LogP contribution in [0.1, 0.15) is 72.3 Å². The van der Waals surface area contributed by atoms with E-state index in [0.29, 0.717) is 0 Å². The van der Waals surface area contributed by atoms with Gasteiger partial charge in [-0.05, 0) is 49.7 Å². The van der Waals surface area contributed by atoms with Crippen LogP contribution in [-0.2, 0) is 16.2 Å². The minimum absolute atomic E-state index is 0.0812. The predicted molar refractivity (Wildman–Crippen MR) is 166 cm³/mol. The maximum absolute atomic E-state index is 10.3. The number of benzene rings is 2. The lowest BCUT2D eigenvalue weighted by Crippen LogP contribution is -2.45. The van der Waals surface area contributed by atoms with Crippen molar-refractivity contribution in [2.45, 2.75) is 77.2 Å². The van der Waals surface area contributed by atoms with E-state index in [-0.39, 0.29) is 16.2 Å². The Labute approximate surface area is 249 Å². The first kappa shape index (κ1) is 31.7. The largest absolute Gasteiger partial charge is 0.643 e. The Morgan fingerprint density at radius 1 is 0.718 bits per heavy atom. The molecule has 4 aromatic rings. The van der Waals surface area contributed by atoms with Crippen molar-refractivity contribution in [2.75, 3.05) is 0 Å². The summed E-state index contributed by atoms with van der Waals surface area (Å²) in [6.45, 7) is 17.0. The molecule has 3 heterocycles. The molecule has 1 N–H and O–H groups in total. The van der Waals surface area contributed by atoms with Crippen molar-refractivity contribution in [3.05, 3.63) is 96.1 Å². The van der Waals surface area contributed by atoms with Crippen LogP contribution in [0.4, 0.5) is 0 Å². The van der Waals surface area contributed by atoms with Gasteiger partial charge in [0.25, 0.3) is 0 Å². The molecule has 2 aromatic carbocycles. The van der Waals surface area contributed by atoms with Crippen LogP contribution >= 0.6 is 30.1 Å². The maximum atomic E-state index is 10.3. The predicted octanol–water partition coefficient (Wildman–Crippen LogP) is 8.05. The van der Waals surface area contributed by atoms with Gasteiger partial charge >= 0.3 is 11.4 Å². The summed E-state index contributed by atoms with van der Waals surface area (Å²) in [7, 11) is 14.8. The van der Waals surface area contributed by atoms with Crippen LogP contribution in [0.2, 0.25) is 0 Å². The first-order chi connectivity index (χ1) is 18.0. The van der Waals surface area contributed by atoms with Gasteiger partial charge in [0.1, 0.15) is 0 Å². The van der Waals surface area contributed by atoms with E-state index in [1.165, 1.54) is 16.9 Å². The molecule has 0 aliphatic carbocycles. The van der Waals surface area contributed by atoms with Gasteiger partial charge in [-0.1, -0.05) is 77.9 Å². The molecule has 9 heteroatoms. The molecule has 0 bridgehead atoms. The first-order valence-electron chi connectivity index (χ1n) is 12.9. The van der Waals surface area contributed by atoms with E-state index in [0.717, 1.165) is 11.4 Å². The number of hydrogen-bond acceptors (Lipinski definition) is 3. The molecule has 0 spiro atoms. The molecule has 0 amide bonds. The highest BCUT2D eigenvalue weighted by atomic mass is 35.8. The Morgan fingerprint density at radius 3 is 1.82 bits per heavy atom. The third kappa shape index (κ3) is 6.43. The van der Waals surface area contributed by atoms with Crippen LogP contribution in [0.25, 0.3) is 11.4 Å². The van der Waals surface area contributed by atoms with Crippen LogP contribution in [0.15, 0.2) is 79.1 Å². The average Bonchev–Trinajstić information content (AvgIpc) is 3.54. The van der Waals surface area contributed by atoms with Crippen molar-refractivity contribution in [1.29, 1.82) is 0 Å². The fraction of sp³-hybridized carbons (Fsp3) is 0.400. The van der Waals surface area contributed by atoms with Crippen molar-refractivity contribution in [2.24, 2.45) is 0 Å². The Balaban J connectivity index is 0.000000190. The second-order valence-corrected chi connectivity index (χ2v) is 18.2. The number of aromatic nitrogens is 4. The fourth-order valence-corrected chi connectivity index (χ4v) is 4.68. The number of aliphatic hydroxyl groups is 1. The summed E-state index contributed by atoms with van der Waals surface area (Å²) in [5.74, 6) is 0. The van der Waals surface area contributed by atoms with Gasteiger partial charge in [-0.3, -0.25) is 0 Å². The van der Waals surface area contributed by atoms with E-state index in [1.54, 1.807) is 6.20 Å². The molecule has 1 aliphatic heterocycles. The summed E-state index contributed by atoms with van der Waals surface area (Å²) in [4.78, 5) is 0. The highest BCUT2D eigenvalue weighted by Crippen LogP contribution is 2.49. The number of hydrogen-bond donors (Lipinski definition) is 1. The lowest BCUT2D eigenvalue weighted by molar-refractivity contribution is 0.00672. The second-order valence-electron chi connectivity index (χ2n) is 11.8. The number of fused-ring (bicyclic) bond motifs is 3. The standard InChI is InChI=1S/C15H20N2O.C15H18N2.Al.3ClH/c1-14(2,15(3,4)18)13-10-11-16-17(13)12-8-6-5-7-9-12;1-14(2)11-7-5-6-8-12(11)17-13(9-10-16-17)15(14,3)4;;;;/h5-11,18H,1-4H3;5-10H,1-4H3;;3*1H/q;;+3;;;/p-3. The maximum Gasteiger partial charge on any atom is 0.643 e. The van der Waals surface area contributed by atoms with Gasteiger partial charge in [0.2, 0.25) is 0 Å². The van der Waals surface area contributed by atoms with Gasteiger partial charge in [-0.15, -0.1) is 0 Å². The molecule has 0 fully saturated rings. The molecule has 39 heavy (non-hydrogen) atoms. The van der Waals surface area contributed by atoms with Crippen molar-refractivity contribution in [1.82, 2.24) is 19.6 Å². The molecule has 0 saturated heterocycles. The monoisotopic (exact) mass is 602 g/mol. The number of para-hydroxylation sites is 2. The average molecular weight is 604 g/mol. The van der Waals surface area contributed by atoms with E-state index in [2.05, 4.69) is 72.9 Å². The molecule has 0 saturated carbocycles. The number of nitrogens with zero attached hydrogens (tertiary/aromatic N) is 4. The molecule has 1 aliphatic rings. The Hall–Kier alpha value is -1.78. The van der Waals surface area contributed by atoms with Crippen molar-refractivity contribution >= 4 is 41.5 Å². The molecular weight excluding hydrogens is 566 g/mol. The Morgan fingerprint density at radius 2 is 1.23 bits per heavy atom. The van der Waals surface area contributed by atoms with Crippen molar-refractivity contribution < 1.29 is 5.11 Å². The summed E-state index contributed by atoms with van der Waals surface area (Å²) in [5, 5.41) is 19.2. The molecule has 0 unspecified atom stereocenters. The van der Waals surface area contributed by atoms with Crippen molar-refractivity contribution in [3.63, 3.8) is 0 Å². The van der Waals surface area contributed by atoms with E-state index in [4.69, 9.17) is 30.1 Å². The minimum atomic E-state index is -1.72. The summed E-state index contributed by atoms with van der Waals surface area (Å²) < 4.78 is 3.97.